The molecular formula is C52H57FN12O5S2. The molecule has 6 aromatic rings. The zero-order chi connectivity index (χ0) is 50.7. The molecule has 0 spiro atoms. The molecule has 20 heteroatoms. The summed E-state index contributed by atoms with van der Waals surface area (Å²) in [5.41, 5.74) is 5.29. The average molecular weight is 1010 g/mol. The van der Waals surface area contributed by atoms with Gasteiger partial charge in [-0.3, -0.25) is 24.2 Å². The van der Waals surface area contributed by atoms with E-state index in [1.165, 1.54) is 22.4 Å². The molecule has 4 atom stereocenters. The molecule has 11 rings (SSSR count). The molecule has 6 heterocycles. The maximum atomic E-state index is 14.8. The molecule has 17 nitrogen and oxygen atoms in total. The Labute approximate surface area is 424 Å². The Hall–Kier alpha value is -6.69. The number of likely N-dealkylation sites (tertiary alicyclic amines) is 1. The number of aliphatic hydroxyl groups excluding tert-OH is 1. The van der Waals surface area contributed by atoms with Gasteiger partial charge in [-0.2, -0.15) is 10.4 Å². The first-order valence-electron chi connectivity index (χ1n) is 24.4. The van der Waals surface area contributed by atoms with E-state index >= 15 is 0 Å². The van der Waals surface area contributed by atoms with Crippen molar-refractivity contribution >= 4 is 57.5 Å². The van der Waals surface area contributed by atoms with E-state index in [0.717, 1.165) is 87.1 Å². The van der Waals surface area contributed by atoms with E-state index in [-0.39, 0.29) is 43.6 Å². The van der Waals surface area contributed by atoms with Crippen molar-refractivity contribution in [2.45, 2.75) is 133 Å². The van der Waals surface area contributed by atoms with Crippen LogP contribution in [0.25, 0.3) is 37.9 Å². The number of pyridine rings is 1. The molecule has 5 aliphatic rings. The number of hydrogen-bond acceptors (Lipinski definition) is 14. The molecule has 2 bridgehead atoms. The number of aliphatic hydroxyl groups is 1. The highest BCUT2D eigenvalue weighted by molar-refractivity contribution is 7.15. The summed E-state index contributed by atoms with van der Waals surface area (Å²) in [6.07, 6.45) is 7.03. The lowest BCUT2D eigenvalue weighted by atomic mass is 9.57. The van der Waals surface area contributed by atoms with Gasteiger partial charge in [0.2, 0.25) is 17.7 Å². The lowest BCUT2D eigenvalue weighted by Gasteiger charge is -2.52. The summed E-state index contributed by atoms with van der Waals surface area (Å²) in [5.74, 6) is -2.21. The van der Waals surface area contributed by atoms with Crippen LogP contribution < -0.4 is 21.3 Å². The van der Waals surface area contributed by atoms with Crippen LogP contribution in [0.1, 0.15) is 113 Å². The number of thiazole rings is 1. The summed E-state index contributed by atoms with van der Waals surface area (Å²) in [7, 11) is 1.86. The molecule has 5 fully saturated rings. The Kier molecular flexibility index (Phi) is 12.7. The average Bonchev–Trinajstić information content (AvgIpc) is 3.87. The Morgan fingerprint density at radius 1 is 0.958 bits per heavy atom. The third-order valence-electron chi connectivity index (χ3n) is 15.2. The smallest absolute Gasteiger partial charge is 0.258 e. The first-order valence-corrected chi connectivity index (χ1v) is 26.1. The van der Waals surface area contributed by atoms with Crippen LogP contribution in [0, 0.1) is 23.7 Å². The van der Waals surface area contributed by atoms with Crippen molar-refractivity contribution in [3.63, 3.8) is 0 Å². The van der Waals surface area contributed by atoms with Gasteiger partial charge in [0.15, 0.2) is 10.7 Å². The molecule has 4 amide bonds. The summed E-state index contributed by atoms with van der Waals surface area (Å²) < 4.78 is 16.6. The largest absolute Gasteiger partial charge is 0.391 e. The normalized spacial score (nSPS) is 23.0. The van der Waals surface area contributed by atoms with Gasteiger partial charge in [-0.05, 0) is 99.1 Å². The lowest BCUT2D eigenvalue weighted by molar-refractivity contribution is -0.145. The van der Waals surface area contributed by atoms with Crippen molar-refractivity contribution < 1.29 is 28.7 Å². The summed E-state index contributed by atoms with van der Waals surface area (Å²) >= 11 is 3.09. The standard InChI is InChI=1S/C52H57FN12O5S2/c1-29-42(71-28-57-29)32-8-6-31(7-9-32)36(59-44(68)40-21-34(66)27-64(40)46(69)43(49(2,3)4)60-47(70)52(53)18-19-52)23-41(67)61-51-15-12-50(13-16-51,14-17-51)48-63-62-45(72-48)35-26-56-38(22-37(35)55-5)39-11-10-33-20-30(24-54)25-58-65(33)39/h6-11,20,22,25-26,28,34,36,40,43,66H,12-19,21,23,27H2,1-5H3,(H,55,56)(H,59,68)(H,60,70)(H,61,67)/t34-,36+,40+,43-,50?,51?/m1/s1. The van der Waals surface area contributed by atoms with Crippen LogP contribution in [0.15, 0.2) is 66.4 Å². The highest BCUT2D eigenvalue weighted by atomic mass is 32.1. The number of fused-ring (bicyclic) bond motifs is 4. The SMILES string of the molecule is CNc1cc(-c2ccc3cc(C#N)cnn23)ncc1-c1nnc(C23CCC(NC(=O)C[C@H](NC(=O)[C@@H]4C[C@@H](O)CN4C(=O)[C@@H](NC(=O)C4(F)CC4)C(C)(C)C)c4ccc(-c5scnc5C)cc4)(CC2)CC3)s1. The van der Waals surface area contributed by atoms with Gasteiger partial charge in [0.05, 0.1) is 68.9 Å². The molecular weight excluding hydrogens is 956 g/mol. The Morgan fingerprint density at radius 2 is 1.69 bits per heavy atom. The van der Waals surface area contributed by atoms with Gasteiger partial charge < -0.3 is 31.3 Å². The van der Waals surface area contributed by atoms with Crippen LogP contribution in [-0.4, -0.2) is 106 Å². The minimum atomic E-state index is -2.01. The second kappa shape index (κ2) is 18.7. The first-order chi connectivity index (χ1) is 34.4. The van der Waals surface area contributed by atoms with Crippen molar-refractivity contribution in [3.05, 3.63) is 88.3 Å². The number of aryl methyl sites for hydroxylation is 1. The molecule has 1 aromatic carbocycles. The third-order valence-corrected chi connectivity index (χ3v) is 17.4. The van der Waals surface area contributed by atoms with E-state index in [9.17, 15) is 33.9 Å². The number of alkyl halides is 1. The number of amides is 4. The van der Waals surface area contributed by atoms with E-state index in [1.54, 1.807) is 54.4 Å². The maximum absolute atomic E-state index is 14.8. The van der Waals surface area contributed by atoms with E-state index in [4.69, 9.17) is 10.1 Å². The Balaban J connectivity index is 0.833. The van der Waals surface area contributed by atoms with Gasteiger partial charge in [-0.15, -0.1) is 21.5 Å². The molecule has 4 saturated carbocycles. The fraction of sp³-hybridized carbons (Fsp3) is 0.462. The van der Waals surface area contributed by atoms with E-state index in [0.29, 0.717) is 16.8 Å². The number of anilines is 1. The molecule has 0 unspecified atom stereocenters. The van der Waals surface area contributed by atoms with Crippen LogP contribution in [-0.2, 0) is 24.6 Å². The van der Waals surface area contributed by atoms with Gasteiger partial charge in [0, 0.05) is 42.9 Å². The van der Waals surface area contributed by atoms with E-state index in [1.807, 2.05) is 56.4 Å². The summed E-state index contributed by atoms with van der Waals surface area (Å²) in [5, 5.41) is 48.2. The number of carbonyl (C=O) groups excluding carboxylic acids is 4. The van der Waals surface area contributed by atoms with Gasteiger partial charge in [-0.25, -0.2) is 13.9 Å². The monoisotopic (exact) mass is 1010 g/mol. The number of aromatic nitrogens is 6. The number of halogens is 1. The second-order valence-corrected chi connectivity index (χ2v) is 22.9. The van der Waals surface area contributed by atoms with Crippen molar-refractivity contribution in [2.24, 2.45) is 5.41 Å². The topological polar surface area (TPSA) is 233 Å². The van der Waals surface area contributed by atoms with Crippen LogP contribution in [0.4, 0.5) is 10.1 Å². The molecule has 0 radical (unpaired) electrons. The van der Waals surface area contributed by atoms with Gasteiger partial charge in [0.1, 0.15) is 23.2 Å². The lowest BCUT2D eigenvalue weighted by Crippen LogP contribution is -2.59. The summed E-state index contributed by atoms with van der Waals surface area (Å²) in [6.45, 7) is 7.06. The van der Waals surface area contributed by atoms with Crippen LogP contribution >= 0.6 is 22.7 Å². The number of carbonyl (C=O) groups is 4. The Morgan fingerprint density at radius 3 is 2.35 bits per heavy atom. The first kappa shape index (κ1) is 48.9. The second-order valence-electron chi connectivity index (χ2n) is 21.1. The summed E-state index contributed by atoms with van der Waals surface area (Å²) in [6, 6.07) is 14.3. The van der Waals surface area contributed by atoms with Crippen LogP contribution in [0.5, 0.6) is 0 Å². The number of rotatable bonds is 14. The molecule has 5 N–H and O–H groups in total. The van der Waals surface area contributed by atoms with Crippen LogP contribution in [0.3, 0.4) is 0 Å². The van der Waals surface area contributed by atoms with E-state index in [2.05, 4.69) is 42.5 Å². The van der Waals surface area contributed by atoms with Crippen molar-refractivity contribution in [3.8, 4) is 38.5 Å². The molecule has 5 aromatic heterocycles. The fourth-order valence-electron chi connectivity index (χ4n) is 10.7. The van der Waals surface area contributed by atoms with Crippen molar-refractivity contribution in [1.29, 1.82) is 5.26 Å². The number of nitrogens with zero attached hydrogens (tertiary/aromatic N) is 8. The molecule has 1 aliphatic heterocycles. The highest BCUT2D eigenvalue weighted by Gasteiger charge is 2.54. The maximum Gasteiger partial charge on any atom is 0.258 e. The third kappa shape index (κ3) is 9.33. The number of hydrogen-bond donors (Lipinski definition) is 5. The molecule has 374 valence electrons. The molecule has 72 heavy (non-hydrogen) atoms. The fourth-order valence-corrected chi connectivity index (χ4v) is 12.6. The zero-order valence-corrected chi connectivity index (χ0v) is 42.4. The van der Waals surface area contributed by atoms with Crippen molar-refractivity contribution in [2.75, 3.05) is 18.9 Å². The highest BCUT2D eigenvalue weighted by Crippen LogP contribution is 2.55. The van der Waals surface area contributed by atoms with Crippen molar-refractivity contribution in [1.82, 2.24) is 50.6 Å². The predicted octanol–water partition coefficient (Wildman–Crippen LogP) is 6.96. The zero-order valence-electron chi connectivity index (χ0n) is 40.8. The number of nitriles is 1. The quantitative estimate of drug-likeness (QED) is 0.0745. The molecule has 4 aliphatic carbocycles. The minimum Gasteiger partial charge on any atom is -0.391 e. The minimum absolute atomic E-state index is 0.0466. The summed E-state index contributed by atoms with van der Waals surface area (Å²) in [4.78, 5) is 67.4. The number of benzene rings is 1. The van der Waals surface area contributed by atoms with E-state index < -0.39 is 58.6 Å². The predicted molar refractivity (Wildman–Crippen MR) is 270 cm³/mol. The molecule has 1 saturated heterocycles. The number of β-amino-alcohol motifs (C(OH)–C–C–N with tert-alkyl or cyclic N) is 1. The van der Waals surface area contributed by atoms with Gasteiger partial charge in [0.25, 0.3) is 5.91 Å². The van der Waals surface area contributed by atoms with Crippen LogP contribution in [0.2, 0.25) is 0 Å². The Bertz CT molecular complexity index is 3110. The van der Waals surface area contributed by atoms with Gasteiger partial charge >= 0.3 is 0 Å². The van der Waals surface area contributed by atoms with Gasteiger partial charge in [-0.1, -0.05) is 56.4 Å². The number of nitrogens with one attached hydrogen (secondary N) is 4.